The second-order valence-electron chi connectivity index (χ2n) is 7.37. The summed E-state index contributed by atoms with van der Waals surface area (Å²) in [5.74, 6) is 0. The molecule has 8 nitrogen and oxygen atoms in total. The molecule has 0 spiro atoms. The molecule has 2 atom stereocenters. The summed E-state index contributed by atoms with van der Waals surface area (Å²) in [4.78, 5) is -1.07. The van der Waals surface area contributed by atoms with Crippen molar-refractivity contribution >= 4 is 31.5 Å². The maximum atomic E-state index is 13.1. The molecule has 3 rings (SSSR count). The van der Waals surface area contributed by atoms with Gasteiger partial charge in [0.25, 0.3) is 0 Å². The summed E-state index contributed by atoms with van der Waals surface area (Å²) < 4.78 is 91.8. The second-order valence-corrected chi connectivity index (χ2v) is 11.8. The van der Waals surface area contributed by atoms with E-state index in [9.17, 15) is 45.5 Å². The molecule has 0 aromatic heterocycles. The Hall–Kier alpha value is -2.21. The Kier molecular flexibility index (Phi) is 6.57. The quantitative estimate of drug-likeness (QED) is 0.608. The molecule has 0 saturated carbocycles. The van der Waals surface area contributed by atoms with Crippen LogP contribution in [0.5, 0.6) is 0 Å². The zero-order chi connectivity index (χ0) is 24.8. The molecule has 33 heavy (non-hydrogen) atoms. The number of alkyl halides is 3. The lowest BCUT2D eigenvalue weighted by Crippen LogP contribution is -2.49. The van der Waals surface area contributed by atoms with Crippen LogP contribution in [-0.4, -0.2) is 61.9 Å². The summed E-state index contributed by atoms with van der Waals surface area (Å²) in [6.45, 7) is -2.79. The van der Waals surface area contributed by atoms with Crippen molar-refractivity contribution in [1.82, 2.24) is 4.31 Å². The summed E-state index contributed by atoms with van der Waals surface area (Å²) in [5, 5.41) is 28.1. The maximum absolute atomic E-state index is 13.1. The van der Waals surface area contributed by atoms with E-state index < -0.39 is 72.6 Å². The van der Waals surface area contributed by atoms with Crippen molar-refractivity contribution in [2.75, 3.05) is 19.7 Å². The molecule has 0 amide bonds. The molecule has 0 bridgehead atoms. The third kappa shape index (κ3) is 4.59. The van der Waals surface area contributed by atoms with Crippen LogP contribution in [0.3, 0.4) is 0 Å². The van der Waals surface area contributed by atoms with Crippen molar-refractivity contribution in [3.8, 4) is 6.07 Å². The first-order valence-corrected chi connectivity index (χ1v) is 12.5. The first-order chi connectivity index (χ1) is 15.2. The average Bonchev–Trinajstić information content (AvgIpc) is 3.12. The molecule has 1 fully saturated rings. The highest BCUT2D eigenvalue weighted by molar-refractivity contribution is 7.92. The van der Waals surface area contributed by atoms with Gasteiger partial charge >= 0.3 is 6.18 Å². The van der Waals surface area contributed by atoms with Crippen molar-refractivity contribution < 1.29 is 40.2 Å². The Morgan fingerprint density at radius 2 is 1.76 bits per heavy atom. The van der Waals surface area contributed by atoms with Gasteiger partial charge in [0.15, 0.2) is 9.84 Å². The lowest BCUT2D eigenvalue weighted by molar-refractivity contribution is -0.137. The monoisotopic (exact) mass is 524 g/mol. The van der Waals surface area contributed by atoms with E-state index in [-0.39, 0.29) is 9.92 Å². The van der Waals surface area contributed by atoms with Crippen LogP contribution in [0, 0.1) is 11.3 Å². The van der Waals surface area contributed by atoms with Gasteiger partial charge in [-0.05, 0) is 42.5 Å². The van der Waals surface area contributed by atoms with Crippen molar-refractivity contribution in [3.05, 3.63) is 58.6 Å². The number of aliphatic hydroxyl groups excluding tert-OH is 1. The summed E-state index contributed by atoms with van der Waals surface area (Å²) in [7, 11) is -9.10. The number of hydrogen-bond donors (Lipinski definition) is 2. The number of hydrogen-bond acceptors (Lipinski definition) is 7. The molecule has 2 aromatic rings. The van der Waals surface area contributed by atoms with Crippen LogP contribution in [0.2, 0.25) is 5.02 Å². The normalized spacial score (nSPS) is 22.3. The van der Waals surface area contributed by atoms with Gasteiger partial charge in [0.1, 0.15) is 16.9 Å². The van der Waals surface area contributed by atoms with E-state index >= 15 is 0 Å². The van der Waals surface area contributed by atoms with E-state index in [2.05, 4.69) is 0 Å². The molecule has 1 aliphatic heterocycles. The number of sulfone groups is 1. The summed E-state index contributed by atoms with van der Waals surface area (Å²) in [6, 6.07) is 7.68. The summed E-state index contributed by atoms with van der Waals surface area (Å²) in [5.41, 5.74) is -4.46. The largest absolute Gasteiger partial charge is 0.416 e. The fraction of sp³-hybridized carbons (Fsp3) is 0.316. The first-order valence-electron chi connectivity index (χ1n) is 9.11. The van der Waals surface area contributed by atoms with E-state index in [1.165, 1.54) is 18.2 Å². The van der Waals surface area contributed by atoms with Crippen LogP contribution in [0.1, 0.15) is 11.1 Å². The Balaban J connectivity index is 2.05. The molecular weight excluding hydrogens is 509 g/mol. The smallest absolute Gasteiger partial charge is 0.393 e. The third-order valence-electron chi connectivity index (χ3n) is 5.25. The van der Waals surface area contributed by atoms with Crippen molar-refractivity contribution in [1.29, 1.82) is 5.26 Å². The van der Waals surface area contributed by atoms with Gasteiger partial charge in [0.2, 0.25) is 10.0 Å². The van der Waals surface area contributed by atoms with Crippen molar-refractivity contribution in [2.45, 2.75) is 26.8 Å². The Morgan fingerprint density at radius 1 is 1.15 bits per heavy atom. The Morgan fingerprint density at radius 3 is 2.27 bits per heavy atom. The molecule has 1 saturated heterocycles. The molecular formula is C19H16ClF3N2O6S2. The standard InChI is InChI=1S/C19H16ClF3N2O6S2/c20-14-2-4-15(5-3-14)32(28,29)17-9-25(10-18(17,27)11-26)33(30,31)16-6-1-13(19(21,22)23)7-12(16)8-24/h1-7,17,26-27H,9-11H2/t17-,18+/m0/s1. The van der Waals surface area contributed by atoms with E-state index in [4.69, 9.17) is 11.6 Å². The van der Waals surface area contributed by atoms with E-state index in [1.807, 2.05) is 0 Å². The van der Waals surface area contributed by atoms with Crippen LogP contribution < -0.4 is 0 Å². The van der Waals surface area contributed by atoms with Crippen LogP contribution in [0.4, 0.5) is 13.2 Å². The number of halogens is 4. The van der Waals surface area contributed by atoms with Gasteiger partial charge in [0, 0.05) is 18.1 Å². The highest BCUT2D eigenvalue weighted by Gasteiger charge is 2.55. The summed E-state index contributed by atoms with van der Waals surface area (Å²) >= 11 is 5.75. The predicted octanol–water partition coefficient (Wildman–Crippen LogP) is 1.80. The number of sulfonamides is 1. The van der Waals surface area contributed by atoms with Gasteiger partial charge in [0.05, 0.1) is 27.5 Å². The topological polar surface area (TPSA) is 136 Å². The first kappa shape index (κ1) is 25.4. The minimum atomic E-state index is -4.82. The number of nitrogens with zero attached hydrogens (tertiary/aromatic N) is 2. The molecule has 1 aliphatic rings. The molecule has 178 valence electrons. The maximum Gasteiger partial charge on any atom is 0.416 e. The van der Waals surface area contributed by atoms with Crippen LogP contribution in [0.15, 0.2) is 52.3 Å². The number of rotatable bonds is 5. The predicted molar refractivity (Wildman–Crippen MR) is 109 cm³/mol. The Bertz CT molecular complexity index is 1320. The van der Waals surface area contributed by atoms with E-state index in [1.54, 1.807) is 0 Å². The number of aliphatic hydroxyl groups is 2. The van der Waals surface area contributed by atoms with E-state index in [0.717, 1.165) is 12.1 Å². The van der Waals surface area contributed by atoms with Crippen molar-refractivity contribution in [2.24, 2.45) is 0 Å². The molecule has 0 radical (unpaired) electrons. The van der Waals surface area contributed by atoms with Gasteiger partial charge in [-0.1, -0.05) is 11.6 Å². The molecule has 0 unspecified atom stereocenters. The van der Waals surface area contributed by atoms with Crippen molar-refractivity contribution in [3.63, 3.8) is 0 Å². The molecule has 2 N–H and O–H groups in total. The third-order valence-corrected chi connectivity index (χ3v) is 9.64. The second kappa shape index (κ2) is 8.53. The molecule has 2 aromatic carbocycles. The highest BCUT2D eigenvalue weighted by atomic mass is 35.5. The van der Waals surface area contributed by atoms with Crippen LogP contribution in [0.25, 0.3) is 0 Å². The minimum Gasteiger partial charge on any atom is -0.393 e. The number of benzene rings is 2. The Labute approximate surface area is 192 Å². The average molecular weight is 525 g/mol. The van der Waals surface area contributed by atoms with Crippen LogP contribution >= 0.6 is 11.6 Å². The lowest BCUT2D eigenvalue weighted by atomic mass is 10.1. The SMILES string of the molecule is N#Cc1cc(C(F)(F)F)ccc1S(=O)(=O)N1C[C@H](S(=O)(=O)c2ccc(Cl)cc2)[C@](O)(CO)C1. The van der Waals surface area contributed by atoms with Crippen LogP contribution in [-0.2, 0) is 26.0 Å². The van der Waals surface area contributed by atoms with Gasteiger partial charge in [-0.3, -0.25) is 0 Å². The molecule has 14 heteroatoms. The van der Waals surface area contributed by atoms with Gasteiger partial charge < -0.3 is 10.2 Å². The highest BCUT2D eigenvalue weighted by Crippen LogP contribution is 2.37. The van der Waals surface area contributed by atoms with Gasteiger partial charge in [-0.2, -0.15) is 22.7 Å². The number of β-amino-alcohol motifs (C(OH)–C–C–N with tert-alkyl or cyclic N) is 1. The molecule has 0 aliphatic carbocycles. The zero-order valence-electron chi connectivity index (χ0n) is 16.5. The van der Waals surface area contributed by atoms with Gasteiger partial charge in [-0.15, -0.1) is 0 Å². The fourth-order valence-electron chi connectivity index (χ4n) is 3.49. The number of nitriles is 1. The fourth-order valence-corrected chi connectivity index (χ4v) is 7.30. The minimum absolute atomic E-state index is 0.230. The zero-order valence-corrected chi connectivity index (χ0v) is 18.9. The molecule has 1 heterocycles. The van der Waals surface area contributed by atoms with E-state index in [0.29, 0.717) is 22.5 Å². The van der Waals surface area contributed by atoms with Gasteiger partial charge in [-0.25, -0.2) is 16.8 Å². The summed E-state index contributed by atoms with van der Waals surface area (Å²) in [6.07, 6.45) is -4.82. The lowest BCUT2D eigenvalue weighted by Gasteiger charge is -2.26.